The first kappa shape index (κ1) is 20.0. The molecule has 0 aliphatic rings. The highest BCUT2D eigenvalue weighted by Crippen LogP contribution is 2.06. The van der Waals surface area contributed by atoms with E-state index in [0.717, 1.165) is 36.9 Å². The minimum Gasteiger partial charge on any atom is -0.356 e. The lowest BCUT2D eigenvalue weighted by Crippen LogP contribution is -2.37. The van der Waals surface area contributed by atoms with E-state index in [4.69, 9.17) is 0 Å². The molecule has 0 fully saturated rings. The molecule has 0 radical (unpaired) electrons. The summed E-state index contributed by atoms with van der Waals surface area (Å²) >= 11 is 0. The zero-order valence-corrected chi connectivity index (χ0v) is 17.1. The van der Waals surface area contributed by atoms with E-state index in [1.54, 1.807) is 13.2 Å². The molecule has 3 aromatic rings. The average molecular weight is 465 g/mol. The summed E-state index contributed by atoms with van der Waals surface area (Å²) in [6, 6.07) is 14.0. The van der Waals surface area contributed by atoms with E-state index in [0.29, 0.717) is 6.54 Å². The Balaban J connectivity index is 0.00000243. The van der Waals surface area contributed by atoms with Crippen molar-refractivity contribution >= 4 is 29.9 Å². The van der Waals surface area contributed by atoms with Crippen LogP contribution < -0.4 is 10.6 Å². The Hall–Kier alpha value is -2.36. The van der Waals surface area contributed by atoms with Gasteiger partial charge in [0.1, 0.15) is 0 Å². The largest absolute Gasteiger partial charge is 0.356 e. The zero-order chi connectivity index (χ0) is 17.3. The highest BCUT2D eigenvalue weighted by atomic mass is 127. The van der Waals surface area contributed by atoms with Crippen molar-refractivity contribution < 1.29 is 0 Å². The monoisotopic (exact) mass is 465 g/mol. The minimum atomic E-state index is 0. The van der Waals surface area contributed by atoms with Crippen molar-refractivity contribution in [2.45, 2.75) is 19.5 Å². The smallest absolute Gasteiger partial charge is 0.191 e. The van der Waals surface area contributed by atoms with Gasteiger partial charge in [-0.3, -0.25) is 9.67 Å². The summed E-state index contributed by atoms with van der Waals surface area (Å²) in [6.07, 6.45) is 6.70. The SMILES string of the molecule is CN=C(NCCCn1cccn1)NCc1ccn(-c2ccccc2)n1.I. The van der Waals surface area contributed by atoms with Crippen LogP contribution in [0.25, 0.3) is 5.69 Å². The Morgan fingerprint density at radius 1 is 1.08 bits per heavy atom. The van der Waals surface area contributed by atoms with Crippen LogP contribution in [-0.4, -0.2) is 39.1 Å². The fraction of sp³-hybridized carbons (Fsp3) is 0.278. The Morgan fingerprint density at radius 2 is 1.92 bits per heavy atom. The minimum absolute atomic E-state index is 0. The van der Waals surface area contributed by atoms with Crippen molar-refractivity contribution in [2.75, 3.05) is 13.6 Å². The summed E-state index contributed by atoms with van der Waals surface area (Å²) in [7, 11) is 1.77. The molecule has 0 aliphatic heterocycles. The maximum absolute atomic E-state index is 4.58. The van der Waals surface area contributed by atoms with E-state index in [2.05, 4.69) is 25.8 Å². The molecule has 0 spiro atoms. The van der Waals surface area contributed by atoms with Gasteiger partial charge in [0.25, 0.3) is 0 Å². The molecule has 2 aromatic heterocycles. The summed E-state index contributed by atoms with van der Waals surface area (Å²) in [6.45, 7) is 2.34. The van der Waals surface area contributed by atoms with E-state index in [9.17, 15) is 0 Å². The van der Waals surface area contributed by atoms with Crippen LogP contribution in [-0.2, 0) is 13.1 Å². The zero-order valence-electron chi connectivity index (χ0n) is 14.7. The number of guanidine groups is 1. The molecule has 26 heavy (non-hydrogen) atoms. The lowest BCUT2D eigenvalue weighted by Gasteiger charge is -2.11. The van der Waals surface area contributed by atoms with Crippen LogP contribution in [0.2, 0.25) is 0 Å². The second-order valence-corrected chi connectivity index (χ2v) is 5.56. The summed E-state index contributed by atoms with van der Waals surface area (Å²) < 4.78 is 3.80. The second kappa shape index (κ2) is 10.6. The van der Waals surface area contributed by atoms with Crippen LogP contribution in [0.4, 0.5) is 0 Å². The van der Waals surface area contributed by atoms with Crippen LogP contribution in [0.15, 0.2) is 66.0 Å². The Bertz CT molecular complexity index is 781. The van der Waals surface area contributed by atoms with Crippen molar-refractivity contribution in [2.24, 2.45) is 4.99 Å². The summed E-state index contributed by atoms with van der Waals surface area (Å²) in [4.78, 5) is 4.24. The molecule has 0 bridgehead atoms. The molecular formula is C18H24IN7. The lowest BCUT2D eigenvalue weighted by molar-refractivity contribution is 0.570. The number of aryl methyl sites for hydroxylation is 1. The number of aromatic nitrogens is 4. The molecule has 0 amide bonds. The molecule has 138 valence electrons. The molecule has 0 unspecified atom stereocenters. The highest BCUT2D eigenvalue weighted by Gasteiger charge is 2.03. The van der Waals surface area contributed by atoms with Gasteiger partial charge in [-0.1, -0.05) is 18.2 Å². The summed E-state index contributed by atoms with van der Waals surface area (Å²) in [5.41, 5.74) is 2.01. The third kappa shape index (κ3) is 5.87. The molecule has 0 saturated carbocycles. The van der Waals surface area contributed by atoms with Crippen molar-refractivity contribution in [3.8, 4) is 5.69 Å². The molecular weight excluding hydrogens is 441 g/mol. The lowest BCUT2D eigenvalue weighted by atomic mass is 10.3. The van der Waals surface area contributed by atoms with Gasteiger partial charge >= 0.3 is 0 Å². The molecule has 1 aromatic carbocycles. The van der Waals surface area contributed by atoms with Crippen LogP contribution in [0.5, 0.6) is 0 Å². The average Bonchev–Trinajstić information content (AvgIpc) is 3.34. The van der Waals surface area contributed by atoms with Gasteiger partial charge in [-0.2, -0.15) is 10.2 Å². The third-order valence-corrected chi connectivity index (χ3v) is 3.74. The van der Waals surface area contributed by atoms with Crippen LogP contribution in [0.1, 0.15) is 12.1 Å². The van der Waals surface area contributed by atoms with Crippen molar-refractivity contribution in [1.29, 1.82) is 0 Å². The number of rotatable bonds is 7. The van der Waals surface area contributed by atoms with Gasteiger partial charge < -0.3 is 10.6 Å². The molecule has 7 nitrogen and oxygen atoms in total. The molecule has 0 aliphatic carbocycles. The van der Waals surface area contributed by atoms with Gasteiger partial charge in [-0.05, 0) is 30.7 Å². The Labute approximate surface area is 170 Å². The quantitative estimate of drug-likeness (QED) is 0.244. The fourth-order valence-corrected chi connectivity index (χ4v) is 2.46. The van der Waals surface area contributed by atoms with Gasteiger partial charge in [0, 0.05) is 38.7 Å². The first-order valence-corrected chi connectivity index (χ1v) is 8.37. The van der Waals surface area contributed by atoms with Gasteiger partial charge in [-0.15, -0.1) is 24.0 Å². The number of nitrogens with one attached hydrogen (secondary N) is 2. The normalized spacial score (nSPS) is 11.0. The first-order chi connectivity index (χ1) is 12.3. The molecule has 2 N–H and O–H groups in total. The number of halogens is 1. The summed E-state index contributed by atoms with van der Waals surface area (Å²) in [5.74, 6) is 0.773. The van der Waals surface area contributed by atoms with E-state index < -0.39 is 0 Å². The Kier molecular flexibility index (Phi) is 8.13. The van der Waals surface area contributed by atoms with E-state index in [1.165, 1.54) is 0 Å². The number of benzene rings is 1. The first-order valence-electron chi connectivity index (χ1n) is 8.37. The molecule has 0 saturated heterocycles. The molecule has 8 heteroatoms. The van der Waals surface area contributed by atoms with Gasteiger partial charge in [-0.25, -0.2) is 4.68 Å². The predicted molar refractivity (Wildman–Crippen MR) is 114 cm³/mol. The van der Waals surface area contributed by atoms with Crippen molar-refractivity contribution in [3.05, 3.63) is 66.7 Å². The van der Waals surface area contributed by atoms with Crippen molar-refractivity contribution in [3.63, 3.8) is 0 Å². The van der Waals surface area contributed by atoms with E-state index in [1.807, 2.05) is 64.2 Å². The van der Waals surface area contributed by atoms with Crippen molar-refractivity contribution in [1.82, 2.24) is 30.2 Å². The van der Waals surface area contributed by atoms with E-state index >= 15 is 0 Å². The number of hydrogen-bond donors (Lipinski definition) is 2. The highest BCUT2D eigenvalue weighted by molar-refractivity contribution is 14.0. The standard InChI is InChI=1S/C18H23N7.HI/c1-19-18(20-10-5-12-24-13-6-11-22-24)21-15-16-9-14-25(23-16)17-7-3-2-4-8-17;/h2-4,6-9,11,13-14H,5,10,12,15H2,1H3,(H2,19,20,21);1H. The van der Waals surface area contributed by atoms with Crippen LogP contribution in [0.3, 0.4) is 0 Å². The van der Waals surface area contributed by atoms with Crippen LogP contribution >= 0.6 is 24.0 Å². The van der Waals surface area contributed by atoms with E-state index in [-0.39, 0.29) is 24.0 Å². The maximum Gasteiger partial charge on any atom is 0.191 e. The molecule has 3 rings (SSSR count). The molecule has 2 heterocycles. The van der Waals surface area contributed by atoms with Gasteiger partial charge in [0.05, 0.1) is 17.9 Å². The number of aliphatic imine (C=N–C) groups is 1. The number of nitrogens with zero attached hydrogens (tertiary/aromatic N) is 5. The number of para-hydroxylation sites is 1. The maximum atomic E-state index is 4.58. The second-order valence-electron chi connectivity index (χ2n) is 5.56. The summed E-state index contributed by atoms with van der Waals surface area (Å²) in [5, 5.41) is 15.4. The third-order valence-electron chi connectivity index (χ3n) is 3.74. The Morgan fingerprint density at radius 3 is 2.65 bits per heavy atom. The van der Waals surface area contributed by atoms with Crippen LogP contribution in [0, 0.1) is 0 Å². The van der Waals surface area contributed by atoms with Gasteiger partial charge in [0.15, 0.2) is 5.96 Å². The topological polar surface area (TPSA) is 72.1 Å². The fourth-order valence-electron chi connectivity index (χ4n) is 2.46. The predicted octanol–water partition coefficient (Wildman–Crippen LogP) is 2.44. The number of hydrogen-bond acceptors (Lipinski definition) is 3. The molecule has 0 atom stereocenters. The van der Waals surface area contributed by atoms with Gasteiger partial charge in [0.2, 0.25) is 0 Å².